The molecule has 1 atom stereocenters. The third kappa shape index (κ3) is 4.19. The Hall–Kier alpha value is -0.760. The minimum atomic E-state index is 0.493. The van der Waals surface area contributed by atoms with Crippen LogP contribution in [0.2, 0.25) is 0 Å². The van der Waals surface area contributed by atoms with Crippen LogP contribution >= 0.6 is 11.6 Å². The van der Waals surface area contributed by atoms with E-state index in [1.807, 2.05) is 13.0 Å². The van der Waals surface area contributed by atoms with Crippen LogP contribution in [-0.4, -0.2) is 18.1 Å². The number of pyridine rings is 1. The van der Waals surface area contributed by atoms with Crippen LogP contribution < -0.4 is 4.90 Å². The van der Waals surface area contributed by atoms with Crippen molar-refractivity contribution >= 4 is 17.4 Å². The SMILES string of the molecule is Cc1cc(CCl)cc(N(C)C(C)CC(C)C)n1. The van der Waals surface area contributed by atoms with Crippen molar-refractivity contribution in [1.82, 2.24) is 4.98 Å². The molecule has 0 fully saturated rings. The molecular formula is C14H23ClN2. The van der Waals surface area contributed by atoms with E-state index in [9.17, 15) is 0 Å². The lowest BCUT2D eigenvalue weighted by molar-refractivity contribution is 0.502. The monoisotopic (exact) mass is 254 g/mol. The Kier molecular flexibility index (Phi) is 5.26. The maximum absolute atomic E-state index is 5.89. The van der Waals surface area contributed by atoms with Crippen molar-refractivity contribution in [2.24, 2.45) is 5.92 Å². The van der Waals surface area contributed by atoms with Gasteiger partial charge in [-0.2, -0.15) is 0 Å². The maximum atomic E-state index is 5.89. The van der Waals surface area contributed by atoms with Gasteiger partial charge in [-0.3, -0.25) is 0 Å². The molecule has 1 unspecified atom stereocenters. The molecule has 1 aromatic heterocycles. The Morgan fingerprint density at radius 2 is 1.94 bits per heavy atom. The second-order valence-electron chi connectivity index (χ2n) is 5.20. The van der Waals surface area contributed by atoms with Crippen LogP contribution in [0.15, 0.2) is 12.1 Å². The molecule has 0 aliphatic carbocycles. The zero-order valence-corrected chi connectivity index (χ0v) is 12.3. The van der Waals surface area contributed by atoms with Gasteiger partial charge in [-0.15, -0.1) is 11.6 Å². The second-order valence-corrected chi connectivity index (χ2v) is 5.47. The molecule has 1 rings (SSSR count). The fraction of sp³-hybridized carbons (Fsp3) is 0.643. The highest BCUT2D eigenvalue weighted by atomic mass is 35.5. The van der Waals surface area contributed by atoms with E-state index >= 15 is 0 Å². The lowest BCUT2D eigenvalue weighted by atomic mass is 10.0. The van der Waals surface area contributed by atoms with Crippen molar-refractivity contribution in [2.75, 3.05) is 11.9 Å². The molecule has 2 nitrogen and oxygen atoms in total. The molecule has 3 heteroatoms. The van der Waals surface area contributed by atoms with Gasteiger partial charge in [-0.25, -0.2) is 4.98 Å². The van der Waals surface area contributed by atoms with Crippen molar-refractivity contribution in [3.63, 3.8) is 0 Å². The van der Waals surface area contributed by atoms with E-state index in [1.165, 1.54) is 6.42 Å². The minimum absolute atomic E-state index is 0.493. The summed E-state index contributed by atoms with van der Waals surface area (Å²) in [4.78, 5) is 6.82. The Labute approximate surface area is 110 Å². The largest absolute Gasteiger partial charge is 0.357 e. The van der Waals surface area contributed by atoms with Gasteiger partial charge in [0.2, 0.25) is 0 Å². The number of hydrogen-bond acceptors (Lipinski definition) is 2. The predicted octanol–water partition coefficient (Wildman–Crippen LogP) is 4.00. The van der Waals surface area contributed by atoms with Crippen LogP contribution in [0.3, 0.4) is 0 Å². The number of halogens is 1. The normalized spacial score (nSPS) is 12.9. The van der Waals surface area contributed by atoms with E-state index < -0.39 is 0 Å². The third-order valence-corrected chi connectivity index (χ3v) is 3.30. The van der Waals surface area contributed by atoms with Gasteiger partial charge >= 0.3 is 0 Å². The number of rotatable bonds is 5. The lowest BCUT2D eigenvalue weighted by Gasteiger charge is -2.28. The fourth-order valence-electron chi connectivity index (χ4n) is 2.05. The van der Waals surface area contributed by atoms with Crippen LogP contribution in [0.25, 0.3) is 0 Å². The summed E-state index contributed by atoms with van der Waals surface area (Å²) in [5.74, 6) is 2.27. The number of aryl methyl sites for hydroxylation is 1. The number of hydrogen-bond donors (Lipinski definition) is 0. The summed E-state index contributed by atoms with van der Waals surface area (Å²) >= 11 is 5.89. The van der Waals surface area contributed by atoms with Gasteiger partial charge in [0.1, 0.15) is 5.82 Å². The summed E-state index contributed by atoms with van der Waals surface area (Å²) in [5, 5.41) is 0. The van der Waals surface area contributed by atoms with Crippen LogP contribution in [0.4, 0.5) is 5.82 Å². The summed E-state index contributed by atoms with van der Waals surface area (Å²) < 4.78 is 0. The Balaban J connectivity index is 2.87. The molecule has 0 aliphatic heterocycles. The average molecular weight is 255 g/mol. The van der Waals surface area contributed by atoms with Gasteiger partial charge in [-0.05, 0) is 43.9 Å². The molecule has 0 aliphatic rings. The summed E-state index contributed by atoms with van der Waals surface area (Å²) in [6, 6.07) is 4.61. The van der Waals surface area contributed by atoms with Crippen molar-refractivity contribution < 1.29 is 0 Å². The first-order chi connectivity index (χ1) is 7.93. The molecule has 0 radical (unpaired) electrons. The van der Waals surface area contributed by atoms with E-state index in [0.717, 1.165) is 17.1 Å². The number of nitrogens with zero attached hydrogens (tertiary/aromatic N) is 2. The highest BCUT2D eigenvalue weighted by Gasteiger charge is 2.13. The topological polar surface area (TPSA) is 16.1 Å². The first kappa shape index (κ1) is 14.3. The van der Waals surface area contributed by atoms with Gasteiger partial charge < -0.3 is 4.90 Å². The average Bonchev–Trinajstić information content (AvgIpc) is 2.26. The van der Waals surface area contributed by atoms with E-state index in [-0.39, 0.29) is 0 Å². The van der Waals surface area contributed by atoms with Crippen molar-refractivity contribution in [3.8, 4) is 0 Å². The molecule has 0 bridgehead atoms. The smallest absolute Gasteiger partial charge is 0.129 e. The van der Waals surface area contributed by atoms with E-state index in [0.29, 0.717) is 17.8 Å². The van der Waals surface area contributed by atoms with E-state index in [1.54, 1.807) is 0 Å². The lowest BCUT2D eigenvalue weighted by Crippen LogP contribution is -2.31. The molecule has 96 valence electrons. The molecule has 0 saturated heterocycles. The second kappa shape index (κ2) is 6.25. The molecule has 0 amide bonds. The molecule has 17 heavy (non-hydrogen) atoms. The highest BCUT2D eigenvalue weighted by molar-refractivity contribution is 6.17. The molecule has 0 spiro atoms. The summed E-state index contributed by atoms with van der Waals surface area (Å²) in [6.45, 7) is 8.75. The van der Waals surface area contributed by atoms with Gasteiger partial charge in [0, 0.05) is 24.7 Å². The third-order valence-electron chi connectivity index (χ3n) is 2.99. The standard InChI is InChI=1S/C14H23ClN2/c1-10(2)6-12(4)17(5)14-8-13(9-15)7-11(3)16-14/h7-8,10,12H,6,9H2,1-5H3. The molecule has 0 N–H and O–H groups in total. The fourth-order valence-corrected chi connectivity index (χ4v) is 2.20. The summed E-state index contributed by atoms with van der Waals surface area (Å²) in [7, 11) is 2.10. The first-order valence-electron chi connectivity index (χ1n) is 6.20. The maximum Gasteiger partial charge on any atom is 0.129 e. The van der Waals surface area contributed by atoms with Crippen LogP contribution in [0, 0.1) is 12.8 Å². The molecule has 1 aromatic rings. The van der Waals surface area contributed by atoms with Crippen LogP contribution in [0.5, 0.6) is 0 Å². The molecule has 0 saturated carbocycles. The number of aromatic nitrogens is 1. The summed E-state index contributed by atoms with van der Waals surface area (Å²) in [5.41, 5.74) is 2.17. The van der Waals surface area contributed by atoms with Crippen molar-refractivity contribution in [1.29, 1.82) is 0 Å². The summed E-state index contributed by atoms with van der Waals surface area (Å²) in [6.07, 6.45) is 1.17. The van der Waals surface area contributed by atoms with Crippen LogP contribution in [0.1, 0.15) is 38.4 Å². The minimum Gasteiger partial charge on any atom is -0.357 e. The zero-order chi connectivity index (χ0) is 13.0. The Morgan fingerprint density at radius 3 is 2.47 bits per heavy atom. The van der Waals surface area contributed by atoms with Gasteiger partial charge in [-0.1, -0.05) is 13.8 Å². The van der Waals surface area contributed by atoms with Gasteiger partial charge in [0.15, 0.2) is 0 Å². The van der Waals surface area contributed by atoms with Crippen LogP contribution in [-0.2, 0) is 5.88 Å². The van der Waals surface area contributed by atoms with Gasteiger partial charge in [0.05, 0.1) is 0 Å². The predicted molar refractivity (Wildman–Crippen MR) is 75.9 cm³/mol. The molecule has 0 aromatic carbocycles. The molecule has 1 heterocycles. The zero-order valence-electron chi connectivity index (χ0n) is 11.5. The highest BCUT2D eigenvalue weighted by Crippen LogP contribution is 2.20. The quantitative estimate of drug-likeness (QED) is 0.739. The first-order valence-corrected chi connectivity index (χ1v) is 6.73. The van der Waals surface area contributed by atoms with E-state index in [2.05, 4.69) is 43.8 Å². The van der Waals surface area contributed by atoms with Crippen molar-refractivity contribution in [3.05, 3.63) is 23.4 Å². The Bertz CT molecular complexity index is 363. The van der Waals surface area contributed by atoms with Gasteiger partial charge in [0.25, 0.3) is 0 Å². The molecular weight excluding hydrogens is 232 g/mol. The van der Waals surface area contributed by atoms with Crippen molar-refractivity contribution in [2.45, 2.75) is 46.0 Å². The van der Waals surface area contributed by atoms with E-state index in [4.69, 9.17) is 11.6 Å². The number of anilines is 1. The Morgan fingerprint density at radius 1 is 1.29 bits per heavy atom. The number of alkyl halides is 1.